The molecule has 0 radical (unpaired) electrons. The maximum absolute atomic E-state index is 12.5. The number of nitrogens with zero attached hydrogens (tertiary/aromatic N) is 1. The highest BCUT2D eigenvalue weighted by Gasteiger charge is 2.29. The van der Waals surface area contributed by atoms with Gasteiger partial charge in [0.25, 0.3) is 0 Å². The standard InChI is InChI=1S/C32H45NO7/c1-3-4-5-6-7-16-31(34)39-24-23-38-22-21-37-20-19-36-18-17-33(2)32(35)40-25-30-28-14-10-8-12-26(28)27-13-9-11-15-29(27)30/h8-15,30H,3-7,16-25H2,1-2H3. The number of likely N-dealkylation sites (N-methyl/N-ethyl adjacent to an activating group) is 1. The Balaban J connectivity index is 1.15. The number of fused-ring (bicyclic) bond motifs is 3. The minimum Gasteiger partial charge on any atom is -0.463 e. The molecule has 0 N–H and O–H groups in total. The van der Waals surface area contributed by atoms with Crippen LogP contribution in [-0.4, -0.2) is 83.4 Å². The topological polar surface area (TPSA) is 83.5 Å². The summed E-state index contributed by atoms with van der Waals surface area (Å²) in [6.45, 7) is 5.66. The molecule has 0 heterocycles. The van der Waals surface area contributed by atoms with Crippen molar-refractivity contribution in [3.8, 4) is 11.1 Å². The number of carbonyl (C=O) groups is 2. The van der Waals surface area contributed by atoms with E-state index < -0.39 is 0 Å². The number of benzene rings is 2. The molecule has 1 aliphatic rings. The van der Waals surface area contributed by atoms with Crippen molar-refractivity contribution in [3.63, 3.8) is 0 Å². The Morgan fingerprint density at radius 1 is 0.700 bits per heavy atom. The number of amides is 1. The molecular weight excluding hydrogens is 510 g/mol. The first-order valence-electron chi connectivity index (χ1n) is 14.6. The molecule has 0 spiro atoms. The Hall–Kier alpha value is -2.94. The van der Waals surface area contributed by atoms with E-state index in [2.05, 4.69) is 31.2 Å². The average molecular weight is 556 g/mol. The number of carbonyl (C=O) groups excluding carboxylic acids is 2. The zero-order valence-corrected chi connectivity index (χ0v) is 24.1. The number of rotatable bonds is 20. The number of hydrogen-bond acceptors (Lipinski definition) is 7. The van der Waals surface area contributed by atoms with Crippen LogP contribution in [0, 0.1) is 0 Å². The first-order valence-corrected chi connectivity index (χ1v) is 14.6. The van der Waals surface area contributed by atoms with Crippen LogP contribution >= 0.6 is 0 Å². The lowest BCUT2D eigenvalue weighted by atomic mass is 9.98. The lowest BCUT2D eigenvalue weighted by molar-refractivity contribution is -0.145. The third-order valence-electron chi connectivity index (χ3n) is 6.94. The van der Waals surface area contributed by atoms with Crippen LogP contribution in [0.3, 0.4) is 0 Å². The molecule has 0 atom stereocenters. The molecule has 3 rings (SSSR count). The summed E-state index contributed by atoms with van der Waals surface area (Å²) in [7, 11) is 1.71. The Labute approximate surface area is 238 Å². The highest BCUT2D eigenvalue weighted by atomic mass is 16.6. The number of esters is 1. The van der Waals surface area contributed by atoms with Crippen LogP contribution in [0.25, 0.3) is 11.1 Å². The second-order valence-corrected chi connectivity index (χ2v) is 9.95. The van der Waals surface area contributed by atoms with Gasteiger partial charge in [-0.1, -0.05) is 81.1 Å². The quantitative estimate of drug-likeness (QED) is 0.150. The summed E-state index contributed by atoms with van der Waals surface area (Å²) < 4.78 is 27.3. The van der Waals surface area contributed by atoms with Crippen LogP contribution in [0.2, 0.25) is 0 Å². The van der Waals surface area contributed by atoms with Gasteiger partial charge in [-0.2, -0.15) is 0 Å². The highest BCUT2D eigenvalue weighted by molar-refractivity contribution is 5.79. The molecule has 0 unspecified atom stereocenters. The van der Waals surface area contributed by atoms with Gasteiger partial charge >= 0.3 is 12.1 Å². The molecule has 0 aromatic heterocycles. The van der Waals surface area contributed by atoms with Crippen LogP contribution in [0.15, 0.2) is 48.5 Å². The van der Waals surface area contributed by atoms with Gasteiger partial charge in [-0.05, 0) is 28.7 Å². The monoisotopic (exact) mass is 555 g/mol. The van der Waals surface area contributed by atoms with Gasteiger partial charge in [0.1, 0.15) is 13.2 Å². The van der Waals surface area contributed by atoms with E-state index in [0.29, 0.717) is 59.2 Å². The summed E-state index contributed by atoms with van der Waals surface area (Å²) in [4.78, 5) is 25.7. The number of hydrogen-bond donors (Lipinski definition) is 0. The second-order valence-electron chi connectivity index (χ2n) is 9.95. The van der Waals surface area contributed by atoms with Gasteiger partial charge in [0.05, 0.1) is 39.6 Å². The third-order valence-corrected chi connectivity index (χ3v) is 6.94. The molecule has 2 aromatic rings. The van der Waals surface area contributed by atoms with E-state index in [1.807, 2.05) is 24.3 Å². The SMILES string of the molecule is CCCCCCCC(=O)OCCOCCOCCOCCN(C)C(=O)OCC1c2ccccc2-c2ccccc21. The summed E-state index contributed by atoms with van der Waals surface area (Å²) in [5.41, 5.74) is 4.80. The lowest BCUT2D eigenvalue weighted by Crippen LogP contribution is -2.32. The molecule has 220 valence electrons. The first-order chi connectivity index (χ1) is 19.6. The molecule has 8 heteroatoms. The van der Waals surface area contributed by atoms with E-state index in [9.17, 15) is 9.59 Å². The van der Waals surface area contributed by atoms with E-state index in [-0.39, 0.29) is 24.6 Å². The highest BCUT2D eigenvalue weighted by Crippen LogP contribution is 2.44. The maximum atomic E-state index is 12.5. The Morgan fingerprint density at radius 3 is 1.88 bits per heavy atom. The van der Waals surface area contributed by atoms with Crippen molar-refractivity contribution in [1.82, 2.24) is 4.90 Å². The van der Waals surface area contributed by atoms with E-state index in [4.69, 9.17) is 23.7 Å². The molecule has 40 heavy (non-hydrogen) atoms. The Morgan fingerprint density at radius 2 is 1.25 bits per heavy atom. The Bertz CT molecular complexity index is 982. The Kier molecular flexibility index (Phi) is 14.5. The fourth-order valence-electron chi connectivity index (χ4n) is 4.70. The van der Waals surface area contributed by atoms with Crippen molar-refractivity contribution in [1.29, 1.82) is 0 Å². The van der Waals surface area contributed by atoms with Crippen LogP contribution in [0.4, 0.5) is 4.79 Å². The average Bonchev–Trinajstić information content (AvgIpc) is 3.29. The van der Waals surface area contributed by atoms with Gasteiger partial charge in [0.2, 0.25) is 0 Å². The summed E-state index contributed by atoms with van der Waals surface area (Å²) in [6, 6.07) is 16.6. The fourth-order valence-corrected chi connectivity index (χ4v) is 4.70. The van der Waals surface area contributed by atoms with Gasteiger partial charge < -0.3 is 28.6 Å². The largest absolute Gasteiger partial charge is 0.463 e. The lowest BCUT2D eigenvalue weighted by Gasteiger charge is -2.19. The molecule has 2 aromatic carbocycles. The molecule has 1 aliphatic carbocycles. The maximum Gasteiger partial charge on any atom is 0.409 e. The van der Waals surface area contributed by atoms with Gasteiger partial charge in [0.15, 0.2) is 0 Å². The molecule has 0 aliphatic heterocycles. The summed E-state index contributed by atoms with van der Waals surface area (Å²) in [5.74, 6) is -0.111. The molecule has 0 saturated carbocycles. The smallest absolute Gasteiger partial charge is 0.409 e. The number of ether oxygens (including phenoxy) is 5. The van der Waals surface area contributed by atoms with Gasteiger partial charge in [-0.15, -0.1) is 0 Å². The predicted molar refractivity (Wildman–Crippen MR) is 154 cm³/mol. The molecule has 0 fully saturated rings. The van der Waals surface area contributed by atoms with Crippen molar-refractivity contribution in [3.05, 3.63) is 59.7 Å². The minimum absolute atomic E-state index is 0.0438. The van der Waals surface area contributed by atoms with E-state index in [0.717, 1.165) is 12.8 Å². The normalized spacial score (nSPS) is 12.2. The first kappa shape index (κ1) is 31.6. The summed E-state index contributed by atoms with van der Waals surface area (Å²) in [5, 5.41) is 0. The van der Waals surface area contributed by atoms with Crippen LogP contribution in [0.1, 0.15) is 62.5 Å². The second kappa shape index (κ2) is 18.4. The van der Waals surface area contributed by atoms with Gasteiger partial charge in [0, 0.05) is 25.9 Å². The van der Waals surface area contributed by atoms with E-state index >= 15 is 0 Å². The molecular formula is C32H45NO7. The van der Waals surface area contributed by atoms with E-state index in [1.54, 1.807) is 7.05 Å². The summed E-state index contributed by atoms with van der Waals surface area (Å²) in [6.07, 6.45) is 5.68. The van der Waals surface area contributed by atoms with Gasteiger partial charge in [-0.3, -0.25) is 4.79 Å². The zero-order valence-electron chi connectivity index (χ0n) is 24.1. The zero-order chi connectivity index (χ0) is 28.4. The predicted octanol–water partition coefficient (Wildman–Crippen LogP) is 5.82. The van der Waals surface area contributed by atoms with Crippen molar-refractivity contribution in [2.24, 2.45) is 0 Å². The minimum atomic E-state index is -0.364. The molecule has 1 amide bonds. The van der Waals surface area contributed by atoms with E-state index in [1.165, 1.54) is 46.4 Å². The van der Waals surface area contributed by atoms with Crippen LogP contribution in [0.5, 0.6) is 0 Å². The van der Waals surface area contributed by atoms with Crippen molar-refractivity contribution >= 4 is 12.1 Å². The van der Waals surface area contributed by atoms with Crippen molar-refractivity contribution in [2.75, 3.05) is 66.4 Å². The fraction of sp³-hybridized carbons (Fsp3) is 0.562. The van der Waals surface area contributed by atoms with Crippen LogP contribution < -0.4 is 0 Å². The van der Waals surface area contributed by atoms with Crippen molar-refractivity contribution < 1.29 is 33.3 Å². The van der Waals surface area contributed by atoms with Crippen LogP contribution in [-0.2, 0) is 28.5 Å². The summed E-state index contributed by atoms with van der Waals surface area (Å²) >= 11 is 0. The number of unbranched alkanes of at least 4 members (excludes halogenated alkanes) is 4. The molecule has 0 saturated heterocycles. The van der Waals surface area contributed by atoms with Crippen molar-refractivity contribution in [2.45, 2.75) is 51.4 Å². The molecule has 0 bridgehead atoms. The molecule has 8 nitrogen and oxygen atoms in total. The third kappa shape index (κ3) is 10.6. The van der Waals surface area contributed by atoms with Gasteiger partial charge in [-0.25, -0.2) is 4.79 Å².